The molecular formula is C20H25N3O. The van der Waals surface area contributed by atoms with E-state index in [0.29, 0.717) is 18.4 Å². The van der Waals surface area contributed by atoms with Gasteiger partial charge in [0.1, 0.15) is 0 Å². The maximum atomic E-state index is 12.4. The third-order valence-electron chi connectivity index (χ3n) is 4.89. The normalized spacial score (nSPS) is 16.6. The Morgan fingerprint density at radius 2 is 1.83 bits per heavy atom. The van der Waals surface area contributed by atoms with Gasteiger partial charge in [0.05, 0.1) is 0 Å². The minimum Gasteiger partial charge on any atom is -0.337 e. The number of aromatic nitrogens is 1. The number of carbonyl (C=O) groups is 1. The van der Waals surface area contributed by atoms with Crippen LogP contribution in [-0.2, 0) is 0 Å². The van der Waals surface area contributed by atoms with Gasteiger partial charge >= 0.3 is 6.03 Å². The van der Waals surface area contributed by atoms with Crippen LogP contribution in [0, 0.1) is 0 Å². The number of likely N-dealkylation sites (tertiary alicyclic amines) is 1. The highest BCUT2D eigenvalue weighted by Crippen LogP contribution is 2.27. The lowest BCUT2D eigenvalue weighted by Gasteiger charge is -2.32. The Balaban J connectivity index is 1.45. The first-order valence-corrected chi connectivity index (χ1v) is 8.71. The van der Waals surface area contributed by atoms with Crippen molar-refractivity contribution < 1.29 is 4.79 Å². The lowest BCUT2D eigenvalue weighted by Crippen LogP contribution is -2.45. The first-order valence-electron chi connectivity index (χ1n) is 8.71. The van der Waals surface area contributed by atoms with Gasteiger partial charge in [0.15, 0.2) is 0 Å². The van der Waals surface area contributed by atoms with E-state index in [2.05, 4.69) is 41.5 Å². The number of hydrogen-bond donors (Lipinski definition) is 1. The summed E-state index contributed by atoms with van der Waals surface area (Å²) in [7, 11) is 0. The highest BCUT2D eigenvalue weighted by atomic mass is 16.2. The minimum atomic E-state index is 0.0611. The topological polar surface area (TPSA) is 45.2 Å². The van der Waals surface area contributed by atoms with E-state index in [4.69, 9.17) is 0 Å². The SMILES string of the molecule is C[C@H](CNC(=O)N1CCC(c2ccncc2)CC1)c1ccccc1. The quantitative estimate of drug-likeness (QED) is 0.931. The molecule has 1 saturated heterocycles. The summed E-state index contributed by atoms with van der Waals surface area (Å²) in [5, 5.41) is 3.08. The van der Waals surface area contributed by atoms with E-state index in [1.54, 1.807) is 0 Å². The summed E-state index contributed by atoms with van der Waals surface area (Å²) in [6, 6.07) is 14.5. The molecule has 2 amide bonds. The smallest absolute Gasteiger partial charge is 0.317 e. The number of benzene rings is 1. The molecule has 2 heterocycles. The fraction of sp³-hybridized carbons (Fsp3) is 0.400. The van der Waals surface area contributed by atoms with Crippen molar-refractivity contribution in [2.75, 3.05) is 19.6 Å². The predicted molar refractivity (Wildman–Crippen MR) is 96.0 cm³/mol. The van der Waals surface area contributed by atoms with Gasteiger partial charge in [-0.05, 0) is 47.9 Å². The second-order valence-corrected chi connectivity index (χ2v) is 6.54. The molecule has 0 unspecified atom stereocenters. The molecule has 24 heavy (non-hydrogen) atoms. The molecule has 0 radical (unpaired) electrons. The summed E-state index contributed by atoms with van der Waals surface area (Å²) in [6.45, 7) is 4.45. The van der Waals surface area contributed by atoms with Crippen molar-refractivity contribution in [2.24, 2.45) is 0 Å². The molecule has 1 aromatic carbocycles. The molecule has 0 saturated carbocycles. The van der Waals surface area contributed by atoms with Crippen LogP contribution in [-0.4, -0.2) is 35.5 Å². The first-order chi connectivity index (χ1) is 11.7. The Labute approximate surface area is 143 Å². The number of amides is 2. The highest BCUT2D eigenvalue weighted by Gasteiger charge is 2.23. The number of urea groups is 1. The monoisotopic (exact) mass is 323 g/mol. The second-order valence-electron chi connectivity index (χ2n) is 6.54. The van der Waals surface area contributed by atoms with Gasteiger partial charge in [0.2, 0.25) is 0 Å². The molecule has 2 aromatic rings. The second kappa shape index (κ2) is 7.95. The van der Waals surface area contributed by atoms with Crippen molar-refractivity contribution in [1.29, 1.82) is 0 Å². The Bertz CT molecular complexity index is 636. The zero-order chi connectivity index (χ0) is 16.8. The first kappa shape index (κ1) is 16.5. The Morgan fingerprint density at radius 3 is 2.50 bits per heavy atom. The van der Waals surface area contributed by atoms with Gasteiger partial charge in [-0.1, -0.05) is 37.3 Å². The molecule has 1 aliphatic rings. The van der Waals surface area contributed by atoms with E-state index >= 15 is 0 Å². The van der Waals surface area contributed by atoms with Crippen LogP contribution in [0.25, 0.3) is 0 Å². The Morgan fingerprint density at radius 1 is 1.17 bits per heavy atom. The lowest BCUT2D eigenvalue weighted by molar-refractivity contribution is 0.181. The Hall–Kier alpha value is -2.36. The summed E-state index contributed by atoms with van der Waals surface area (Å²) < 4.78 is 0. The number of carbonyl (C=O) groups excluding carboxylic acids is 1. The average Bonchev–Trinajstić information content (AvgIpc) is 2.67. The third-order valence-corrected chi connectivity index (χ3v) is 4.89. The molecule has 1 atom stereocenters. The Kier molecular flexibility index (Phi) is 5.47. The number of hydrogen-bond acceptors (Lipinski definition) is 2. The van der Waals surface area contributed by atoms with E-state index in [1.807, 2.05) is 35.5 Å². The number of nitrogens with zero attached hydrogens (tertiary/aromatic N) is 2. The number of rotatable bonds is 4. The molecule has 1 fully saturated rings. The van der Waals surface area contributed by atoms with Crippen LogP contribution in [0.4, 0.5) is 4.79 Å². The predicted octanol–water partition coefficient (Wildman–Crippen LogP) is 3.77. The van der Waals surface area contributed by atoms with Crippen LogP contribution in [0.1, 0.15) is 42.7 Å². The molecule has 4 nitrogen and oxygen atoms in total. The standard InChI is InChI=1S/C20H25N3O/c1-16(17-5-3-2-4-6-17)15-22-20(24)23-13-9-19(10-14-23)18-7-11-21-12-8-18/h2-8,11-12,16,19H,9-10,13-15H2,1H3,(H,22,24)/t16-/m1/s1. The summed E-state index contributed by atoms with van der Waals surface area (Å²) in [4.78, 5) is 18.4. The molecular weight excluding hydrogens is 298 g/mol. The lowest BCUT2D eigenvalue weighted by atomic mass is 9.90. The molecule has 1 aromatic heterocycles. The molecule has 3 rings (SSSR count). The van der Waals surface area contributed by atoms with E-state index in [9.17, 15) is 4.79 Å². The zero-order valence-corrected chi connectivity index (χ0v) is 14.2. The van der Waals surface area contributed by atoms with Gasteiger partial charge in [-0.2, -0.15) is 0 Å². The van der Waals surface area contributed by atoms with Gasteiger partial charge in [-0.15, -0.1) is 0 Å². The van der Waals surface area contributed by atoms with Crippen LogP contribution >= 0.6 is 0 Å². The van der Waals surface area contributed by atoms with Crippen LogP contribution in [0.2, 0.25) is 0 Å². The maximum Gasteiger partial charge on any atom is 0.317 e. The van der Waals surface area contributed by atoms with Gasteiger partial charge in [0, 0.05) is 32.0 Å². The van der Waals surface area contributed by atoms with Crippen molar-refractivity contribution in [1.82, 2.24) is 15.2 Å². The molecule has 126 valence electrons. The zero-order valence-electron chi connectivity index (χ0n) is 14.2. The van der Waals surface area contributed by atoms with Crippen molar-refractivity contribution >= 4 is 6.03 Å². The maximum absolute atomic E-state index is 12.4. The van der Waals surface area contributed by atoms with Crippen molar-refractivity contribution in [3.63, 3.8) is 0 Å². The van der Waals surface area contributed by atoms with Crippen LogP contribution in [0.3, 0.4) is 0 Å². The van der Waals surface area contributed by atoms with E-state index < -0.39 is 0 Å². The van der Waals surface area contributed by atoms with Crippen LogP contribution in [0.15, 0.2) is 54.9 Å². The largest absolute Gasteiger partial charge is 0.337 e. The van der Waals surface area contributed by atoms with Gasteiger partial charge in [-0.25, -0.2) is 4.79 Å². The molecule has 1 N–H and O–H groups in total. The summed E-state index contributed by atoms with van der Waals surface area (Å²) >= 11 is 0. The fourth-order valence-electron chi connectivity index (χ4n) is 3.30. The van der Waals surface area contributed by atoms with Crippen LogP contribution in [0.5, 0.6) is 0 Å². The van der Waals surface area contributed by atoms with Gasteiger partial charge in [-0.3, -0.25) is 4.98 Å². The molecule has 1 aliphatic heterocycles. The van der Waals surface area contributed by atoms with E-state index in [-0.39, 0.29) is 6.03 Å². The van der Waals surface area contributed by atoms with Crippen molar-refractivity contribution in [3.8, 4) is 0 Å². The van der Waals surface area contributed by atoms with Crippen LogP contribution < -0.4 is 5.32 Å². The molecule has 4 heteroatoms. The summed E-state index contributed by atoms with van der Waals surface area (Å²) in [5.74, 6) is 0.866. The molecule has 0 aliphatic carbocycles. The number of piperidine rings is 1. The number of pyridine rings is 1. The fourth-order valence-corrected chi connectivity index (χ4v) is 3.30. The van der Waals surface area contributed by atoms with E-state index in [0.717, 1.165) is 25.9 Å². The average molecular weight is 323 g/mol. The molecule has 0 bridgehead atoms. The summed E-state index contributed by atoms with van der Waals surface area (Å²) in [5.41, 5.74) is 2.59. The van der Waals surface area contributed by atoms with Gasteiger partial charge < -0.3 is 10.2 Å². The highest BCUT2D eigenvalue weighted by molar-refractivity contribution is 5.74. The molecule has 0 spiro atoms. The minimum absolute atomic E-state index is 0.0611. The summed E-state index contributed by atoms with van der Waals surface area (Å²) in [6.07, 6.45) is 5.73. The van der Waals surface area contributed by atoms with Gasteiger partial charge in [0.25, 0.3) is 0 Å². The third kappa shape index (κ3) is 4.13. The van der Waals surface area contributed by atoms with Crippen molar-refractivity contribution in [2.45, 2.75) is 31.6 Å². The number of nitrogens with one attached hydrogen (secondary N) is 1. The van der Waals surface area contributed by atoms with Crippen molar-refractivity contribution in [3.05, 3.63) is 66.0 Å². The van der Waals surface area contributed by atoms with E-state index in [1.165, 1.54) is 11.1 Å².